The molecular weight excluding hydrogens is 362 g/mol. The molecule has 0 radical (unpaired) electrons. The SMILES string of the molecule is Cc1cc(C)c(-c2csc(NC(=O)c3cccc(C)c3[N+](=O)[O-])n2)cc1C. The van der Waals surface area contributed by atoms with Gasteiger partial charge >= 0.3 is 0 Å². The Morgan fingerprint density at radius 3 is 2.48 bits per heavy atom. The van der Waals surface area contributed by atoms with Crippen molar-refractivity contribution >= 4 is 28.1 Å². The van der Waals surface area contributed by atoms with Crippen LogP contribution in [-0.4, -0.2) is 15.8 Å². The zero-order chi connectivity index (χ0) is 19.7. The molecule has 138 valence electrons. The largest absolute Gasteiger partial charge is 0.298 e. The Labute approximate surface area is 161 Å². The van der Waals surface area contributed by atoms with Crippen molar-refractivity contribution in [3.05, 3.63) is 73.6 Å². The third-order valence-electron chi connectivity index (χ3n) is 4.51. The van der Waals surface area contributed by atoms with Crippen molar-refractivity contribution in [1.29, 1.82) is 0 Å². The highest BCUT2D eigenvalue weighted by Crippen LogP contribution is 2.30. The Bertz CT molecular complexity index is 1060. The van der Waals surface area contributed by atoms with Crippen LogP contribution in [0.2, 0.25) is 0 Å². The Morgan fingerprint density at radius 1 is 1.07 bits per heavy atom. The topological polar surface area (TPSA) is 85.1 Å². The molecule has 1 heterocycles. The van der Waals surface area contributed by atoms with Crippen LogP contribution in [0.5, 0.6) is 0 Å². The molecule has 1 aromatic heterocycles. The molecule has 0 aliphatic rings. The average Bonchev–Trinajstić information content (AvgIpc) is 3.05. The Morgan fingerprint density at radius 2 is 1.78 bits per heavy atom. The van der Waals surface area contributed by atoms with Crippen LogP contribution in [0.25, 0.3) is 11.3 Å². The highest BCUT2D eigenvalue weighted by atomic mass is 32.1. The highest BCUT2D eigenvalue weighted by Gasteiger charge is 2.23. The molecule has 0 unspecified atom stereocenters. The van der Waals surface area contributed by atoms with E-state index in [4.69, 9.17) is 0 Å². The monoisotopic (exact) mass is 381 g/mol. The number of nitrogens with one attached hydrogen (secondary N) is 1. The zero-order valence-corrected chi connectivity index (χ0v) is 16.3. The predicted octanol–water partition coefficient (Wildman–Crippen LogP) is 5.20. The van der Waals surface area contributed by atoms with Crippen molar-refractivity contribution in [2.24, 2.45) is 0 Å². The van der Waals surface area contributed by atoms with E-state index < -0.39 is 10.8 Å². The minimum atomic E-state index is -0.539. The van der Waals surface area contributed by atoms with Crippen molar-refractivity contribution in [2.45, 2.75) is 27.7 Å². The van der Waals surface area contributed by atoms with Gasteiger partial charge in [0.05, 0.1) is 10.6 Å². The Kier molecular flexibility index (Phi) is 5.05. The lowest BCUT2D eigenvalue weighted by Crippen LogP contribution is -2.14. The number of thiazole rings is 1. The summed E-state index contributed by atoms with van der Waals surface area (Å²) in [5.74, 6) is -0.539. The minimum absolute atomic E-state index is 0.0270. The van der Waals surface area contributed by atoms with Crippen molar-refractivity contribution in [3.63, 3.8) is 0 Å². The fraction of sp³-hybridized carbons (Fsp3) is 0.200. The molecule has 0 fully saturated rings. The van der Waals surface area contributed by atoms with Crippen LogP contribution in [0, 0.1) is 37.8 Å². The molecule has 1 N–H and O–H groups in total. The van der Waals surface area contributed by atoms with Crippen LogP contribution < -0.4 is 5.32 Å². The number of hydrogen-bond donors (Lipinski definition) is 1. The van der Waals surface area contributed by atoms with E-state index in [2.05, 4.69) is 29.4 Å². The van der Waals surface area contributed by atoms with E-state index in [0.717, 1.165) is 16.8 Å². The number of benzene rings is 2. The van der Waals surface area contributed by atoms with Gasteiger partial charge in [-0.1, -0.05) is 18.2 Å². The standard InChI is InChI=1S/C20H19N3O3S/c1-11-6-5-7-15(18(11)23(25)26)19(24)22-20-21-17(10-27-20)16-9-13(3)12(2)8-14(16)4/h5-10H,1-4H3,(H,21,22,24). The van der Waals surface area contributed by atoms with Crippen molar-refractivity contribution in [1.82, 2.24) is 4.98 Å². The number of carbonyl (C=O) groups excluding carboxylic acids is 1. The van der Waals surface area contributed by atoms with E-state index in [9.17, 15) is 14.9 Å². The van der Waals surface area contributed by atoms with E-state index in [-0.39, 0.29) is 11.3 Å². The van der Waals surface area contributed by atoms with E-state index in [1.807, 2.05) is 19.2 Å². The Balaban J connectivity index is 1.89. The smallest absolute Gasteiger partial charge is 0.285 e. The molecule has 3 aromatic rings. The van der Waals surface area contributed by atoms with E-state index in [0.29, 0.717) is 10.7 Å². The van der Waals surface area contributed by atoms with Crippen molar-refractivity contribution in [3.8, 4) is 11.3 Å². The van der Waals surface area contributed by atoms with Crippen LogP contribution in [0.1, 0.15) is 32.6 Å². The lowest BCUT2D eigenvalue weighted by Gasteiger charge is -2.07. The molecule has 1 amide bonds. The van der Waals surface area contributed by atoms with E-state index in [1.165, 1.54) is 28.5 Å². The minimum Gasteiger partial charge on any atom is -0.298 e. The summed E-state index contributed by atoms with van der Waals surface area (Å²) in [6, 6.07) is 8.87. The molecule has 0 aliphatic carbocycles. The third-order valence-corrected chi connectivity index (χ3v) is 5.26. The molecule has 0 spiro atoms. The molecule has 0 atom stereocenters. The van der Waals surface area contributed by atoms with Gasteiger partial charge in [0.15, 0.2) is 5.13 Å². The first kappa shape index (κ1) is 18.7. The second-order valence-electron chi connectivity index (χ2n) is 6.47. The first-order chi connectivity index (χ1) is 12.8. The molecule has 0 bridgehead atoms. The number of nitro benzene ring substituents is 1. The number of aromatic nitrogens is 1. The lowest BCUT2D eigenvalue weighted by atomic mass is 9.99. The second kappa shape index (κ2) is 7.28. The van der Waals surface area contributed by atoms with Crippen LogP contribution in [0.4, 0.5) is 10.8 Å². The fourth-order valence-electron chi connectivity index (χ4n) is 2.94. The molecule has 0 saturated heterocycles. The summed E-state index contributed by atoms with van der Waals surface area (Å²) in [6.07, 6.45) is 0. The first-order valence-electron chi connectivity index (χ1n) is 8.37. The van der Waals surface area contributed by atoms with Gasteiger partial charge in [0.25, 0.3) is 11.6 Å². The lowest BCUT2D eigenvalue weighted by molar-refractivity contribution is -0.385. The number of anilines is 1. The first-order valence-corrected chi connectivity index (χ1v) is 9.25. The zero-order valence-electron chi connectivity index (χ0n) is 15.5. The molecule has 3 rings (SSSR count). The number of aryl methyl sites for hydroxylation is 4. The summed E-state index contributed by atoms with van der Waals surface area (Å²) in [5.41, 5.74) is 5.56. The molecule has 27 heavy (non-hydrogen) atoms. The number of nitrogens with zero attached hydrogens (tertiary/aromatic N) is 2. The summed E-state index contributed by atoms with van der Waals surface area (Å²) in [6.45, 7) is 7.74. The molecule has 7 heteroatoms. The van der Waals surface area contributed by atoms with Crippen molar-refractivity contribution < 1.29 is 9.72 Å². The summed E-state index contributed by atoms with van der Waals surface area (Å²) >= 11 is 1.29. The van der Waals surface area contributed by atoms with E-state index >= 15 is 0 Å². The number of rotatable bonds is 4. The molecule has 2 aromatic carbocycles. The van der Waals surface area contributed by atoms with Gasteiger partial charge in [-0.25, -0.2) is 4.98 Å². The quantitative estimate of drug-likeness (QED) is 0.497. The molecule has 0 aliphatic heterocycles. The summed E-state index contributed by atoms with van der Waals surface area (Å²) < 4.78 is 0. The van der Waals surface area contributed by atoms with Gasteiger partial charge in [-0.2, -0.15) is 0 Å². The van der Waals surface area contributed by atoms with E-state index in [1.54, 1.807) is 19.1 Å². The van der Waals surface area contributed by atoms with Crippen LogP contribution in [0.15, 0.2) is 35.7 Å². The van der Waals surface area contributed by atoms with Gasteiger partial charge < -0.3 is 0 Å². The highest BCUT2D eigenvalue weighted by molar-refractivity contribution is 7.14. The summed E-state index contributed by atoms with van der Waals surface area (Å²) in [7, 11) is 0. The molecular formula is C20H19N3O3S. The van der Waals surface area contributed by atoms with Gasteiger partial charge in [-0.05, 0) is 56.5 Å². The Hall–Kier alpha value is -3.06. The van der Waals surface area contributed by atoms with Crippen LogP contribution >= 0.6 is 11.3 Å². The van der Waals surface area contributed by atoms with Gasteiger partial charge in [0, 0.05) is 16.5 Å². The number of hydrogen-bond acceptors (Lipinski definition) is 5. The van der Waals surface area contributed by atoms with Crippen molar-refractivity contribution in [2.75, 3.05) is 5.32 Å². The van der Waals surface area contributed by atoms with Crippen LogP contribution in [-0.2, 0) is 0 Å². The summed E-state index contributed by atoms with van der Waals surface area (Å²) in [4.78, 5) is 27.8. The maximum absolute atomic E-state index is 12.6. The third kappa shape index (κ3) is 3.73. The number of amides is 1. The molecule has 6 nitrogen and oxygen atoms in total. The van der Waals surface area contributed by atoms with Gasteiger partial charge in [-0.3, -0.25) is 20.2 Å². The number of carbonyl (C=O) groups is 1. The molecule has 0 saturated carbocycles. The number of nitro groups is 1. The maximum atomic E-state index is 12.6. The second-order valence-corrected chi connectivity index (χ2v) is 7.33. The van der Waals surface area contributed by atoms with Gasteiger partial charge in [-0.15, -0.1) is 11.3 Å². The maximum Gasteiger partial charge on any atom is 0.285 e. The van der Waals surface area contributed by atoms with Crippen LogP contribution in [0.3, 0.4) is 0 Å². The fourth-order valence-corrected chi connectivity index (χ4v) is 3.65. The van der Waals surface area contributed by atoms with Gasteiger partial charge in [0.1, 0.15) is 5.56 Å². The van der Waals surface area contributed by atoms with Gasteiger partial charge in [0.2, 0.25) is 0 Å². The average molecular weight is 381 g/mol. The number of para-hydroxylation sites is 1. The summed E-state index contributed by atoms with van der Waals surface area (Å²) in [5, 5.41) is 16.3. The normalized spacial score (nSPS) is 10.7. The predicted molar refractivity (Wildman–Crippen MR) is 108 cm³/mol.